The number of hydrogen-bond acceptors (Lipinski definition) is 3. The van der Waals surface area contributed by atoms with Crippen molar-refractivity contribution in [3.05, 3.63) is 11.6 Å². The Balaban J connectivity index is 2.72. The first-order valence-corrected chi connectivity index (χ1v) is 5.19. The van der Waals surface area contributed by atoms with E-state index in [9.17, 15) is 0 Å². The molecular weight excluding hydrogens is 176 g/mol. The van der Waals surface area contributed by atoms with Crippen LogP contribution in [0.2, 0.25) is 0 Å². The van der Waals surface area contributed by atoms with Gasteiger partial charge in [-0.25, -0.2) is 4.98 Å². The SMILES string of the molecule is CC(C)Cc1nc(CC(C)C)n(N)n1. The largest absolute Gasteiger partial charge is 0.321 e. The Bertz CT molecular complexity index is 288. The molecule has 2 N–H and O–H groups in total. The molecule has 0 radical (unpaired) electrons. The number of aromatic nitrogens is 3. The summed E-state index contributed by atoms with van der Waals surface area (Å²) < 4.78 is 0. The number of nitrogens with two attached hydrogens (primary N) is 1. The first-order valence-electron chi connectivity index (χ1n) is 5.19. The van der Waals surface area contributed by atoms with Crippen molar-refractivity contribution in [2.24, 2.45) is 11.8 Å². The Morgan fingerprint density at radius 2 is 1.71 bits per heavy atom. The molecule has 0 unspecified atom stereocenters. The minimum Gasteiger partial charge on any atom is -0.321 e. The van der Waals surface area contributed by atoms with Crippen LogP contribution in [0, 0.1) is 11.8 Å². The summed E-state index contributed by atoms with van der Waals surface area (Å²) in [6.07, 6.45) is 1.79. The second-order valence-corrected chi connectivity index (χ2v) is 4.58. The van der Waals surface area contributed by atoms with Crippen LogP contribution in [0.15, 0.2) is 0 Å². The van der Waals surface area contributed by atoms with Crippen LogP contribution in [0.5, 0.6) is 0 Å². The summed E-state index contributed by atoms with van der Waals surface area (Å²) in [6.45, 7) is 8.60. The lowest BCUT2D eigenvalue weighted by Gasteiger charge is -2.01. The van der Waals surface area contributed by atoms with Crippen molar-refractivity contribution in [1.82, 2.24) is 14.9 Å². The van der Waals surface area contributed by atoms with Gasteiger partial charge in [-0.1, -0.05) is 27.7 Å². The molecule has 0 aliphatic heterocycles. The lowest BCUT2D eigenvalue weighted by molar-refractivity contribution is 0.596. The highest BCUT2D eigenvalue weighted by atomic mass is 15.5. The molecule has 0 aliphatic carbocycles. The quantitative estimate of drug-likeness (QED) is 0.740. The zero-order valence-electron chi connectivity index (χ0n) is 9.49. The van der Waals surface area contributed by atoms with E-state index < -0.39 is 0 Å². The van der Waals surface area contributed by atoms with Gasteiger partial charge in [0, 0.05) is 12.8 Å². The van der Waals surface area contributed by atoms with Crippen LogP contribution in [0.4, 0.5) is 0 Å². The van der Waals surface area contributed by atoms with E-state index in [1.54, 1.807) is 0 Å². The predicted molar refractivity (Wildman–Crippen MR) is 57.3 cm³/mol. The van der Waals surface area contributed by atoms with E-state index in [0.717, 1.165) is 24.5 Å². The lowest BCUT2D eigenvalue weighted by Crippen LogP contribution is -2.16. The van der Waals surface area contributed by atoms with Gasteiger partial charge in [0.25, 0.3) is 0 Å². The van der Waals surface area contributed by atoms with Gasteiger partial charge in [-0.3, -0.25) is 0 Å². The van der Waals surface area contributed by atoms with Crippen LogP contribution >= 0.6 is 0 Å². The summed E-state index contributed by atoms with van der Waals surface area (Å²) in [5.74, 6) is 8.59. The van der Waals surface area contributed by atoms with Gasteiger partial charge in [0.1, 0.15) is 5.82 Å². The maximum atomic E-state index is 5.71. The third-order valence-corrected chi connectivity index (χ3v) is 1.93. The van der Waals surface area contributed by atoms with E-state index in [4.69, 9.17) is 5.84 Å². The Hall–Kier alpha value is -1.06. The van der Waals surface area contributed by atoms with Crippen molar-refractivity contribution < 1.29 is 0 Å². The molecule has 4 heteroatoms. The summed E-state index contributed by atoms with van der Waals surface area (Å²) in [7, 11) is 0. The van der Waals surface area contributed by atoms with Crippen LogP contribution < -0.4 is 5.84 Å². The topological polar surface area (TPSA) is 56.7 Å². The molecule has 0 saturated heterocycles. The summed E-state index contributed by atoms with van der Waals surface area (Å²) in [4.78, 5) is 5.83. The van der Waals surface area contributed by atoms with Crippen LogP contribution in [0.3, 0.4) is 0 Å². The Morgan fingerprint density at radius 3 is 2.21 bits per heavy atom. The normalized spacial score (nSPS) is 11.6. The molecule has 0 saturated carbocycles. The summed E-state index contributed by atoms with van der Waals surface area (Å²) >= 11 is 0. The fourth-order valence-corrected chi connectivity index (χ4v) is 1.36. The van der Waals surface area contributed by atoms with Gasteiger partial charge in [-0.05, 0) is 11.8 Å². The molecule has 0 aromatic carbocycles. The second kappa shape index (κ2) is 4.44. The number of hydrogen-bond donors (Lipinski definition) is 1. The summed E-state index contributed by atoms with van der Waals surface area (Å²) in [5.41, 5.74) is 0. The molecule has 0 atom stereocenters. The molecule has 0 bridgehead atoms. The maximum absolute atomic E-state index is 5.71. The Labute approximate surface area is 85.5 Å². The third kappa shape index (κ3) is 3.01. The standard InChI is InChI=1S/C10H20N4/c1-7(2)5-9-12-10(6-8(3)4)14(11)13-9/h7-8H,5-6,11H2,1-4H3. The predicted octanol–water partition coefficient (Wildman–Crippen LogP) is 1.39. The minimum atomic E-state index is 0.563. The first-order chi connectivity index (χ1) is 6.49. The Morgan fingerprint density at radius 1 is 1.14 bits per heavy atom. The summed E-state index contributed by atoms with van der Waals surface area (Å²) in [6, 6.07) is 0. The van der Waals surface area contributed by atoms with Crippen LogP contribution in [0.1, 0.15) is 39.3 Å². The van der Waals surface area contributed by atoms with Gasteiger partial charge in [-0.15, -0.1) is 5.10 Å². The molecule has 4 nitrogen and oxygen atoms in total. The second-order valence-electron chi connectivity index (χ2n) is 4.58. The molecule has 1 aromatic heterocycles. The van der Waals surface area contributed by atoms with E-state index in [1.807, 2.05) is 0 Å². The van der Waals surface area contributed by atoms with Crippen molar-refractivity contribution in [2.45, 2.75) is 40.5 Å². The van der Waals surface area contributed by atoms with E-state index in [-0.39, 0.29) is 0 Å². The monoisotopic (exact) mass is 196 g/mol. The molecule has 0 fully saturated rings. The summed E-state index contributed by atoms with van der Waals surface area (Å²) in [5, 5.41) is 4.19. The van der Waals surface area contributed by atoms with Crippen LogP contribution in [-0.2, 0) is 12.8 Å². The molecule has 0 spiro atoms. The Kier molecular flexibility index (Phi) is 3.49. The van der Waals surface area contributed by atoms with Gasteiger partial charge in [-0.2, -0.15) is 4.79 Å². The van der Waals surface area contributed by atoms with Gasteiger partial charge >= 0.3 is 0 Å². The smallest absolute Gasteiger partial charge is 0.153 e. The fourth-order valence-electron chi connectivity index (χ4n) is 1.36. The van der Waals surface area contributed by atoms with Gasteiger partial charge in [0.15, 0.2) is 5.82 Å². The zero-order chi connectivity index (χ0) is 10.7. The van der Waals surface area contributed by atoms with Gasteiger partial charge < -0.3 is 5.84 Å². The molecule has 80 valence electrons. The van der Waals surface area contributed by atoms with Gasteiger partial charge in [0.2, 0.25) is 0 Å². The molecule has 1 heterocycles. The van der Waals surface area contributed by atoms with E-state index in [1.165, 1.54) is 4.79 Å². The average Bonchev–Trinajstić information content (AvgIpc) is 2.28. The number of nitrogen functional groups attached to an aromatic ring is 1. The molecule has 0 amide bonds. The van der Waals surface area contributed by atoms with Crippen molar-refractivity contribution in [2.75, 3.05) is 5.84 Å². The van der Waals surface area contributed by atoms with E-state index >= 15 is 0 Å². The number of rotatable bonds is 4. The average molecular weight is 196 g/mol. The number of nitrogens with zero attached hydrogens (tertiary/aromatic N) is 3. The fraction of sp³-hybridized carbons (Fsp3) is 0.800. The molecule has 1 rings (SSSR count). The van der Waals surface area contributed by atoms with Crippen molar-refractivity contribution in [3.63, 3.8) is 0 Å². The minimum absolute atomic E-state index is 0.563. The highest BCUT2D eigenvalue weighted by Gasteiger charge is 2.10. The van der Waals surface area contributed by atoms with E-state index in [2.05, 4.69) is 37.8 Å². The lowest BCUT2D eigenvalue weighted by atomic mass is 10.1. The van der Waals surface area contributed by atoms with Crippen molar-refractivity contribution in [1.29, 1.82) is 0 Å². The molecule has 0 aliphatic rings. The van der Waals surface area contributed by atoms with Crippen LogP contribution in [-0.4, -0.2) is 14.9 Å². The molecule has 1 aromatic rings. The molecule has 14 heavy (non-hydrogen) atoms. The van der Waals surface area contributed by atoms with Crippen LogP contribution in [0.25, 0.3) is 0 Å². The van der Waals surface area contributed by atoms with Crippen molar-refractivity contribution in [3.8, 4) is 0 Å². The molecular formula is C10H20N4. The highest BCUT2D eigenvalue weighted by molar-refractivity contribution is 4.94. The first kappa shape index (κ1) is 11.0. The third-order valence-electron chi connectivity index (χ3n) is 1.93. The van der Waals surface area contributed by atoms with E-state index in [0.29, 0.717) is 11.8 Å². The maximum Gasteiger partial charge on any atom is 0.153 e. The highest BCUT2D eigenvalue weighted by Crippen LogP contribution is 2.07. The van der Waals surface area contributed by atoms with Gasteiger partial charge in [0.05, 0.1) is 0 Å². The zero-order valence-corrected chi connectivity index (χ0v) is 9.49. The van der Waals surface area contributed by atoms with Crippen molar-refractivity contribution >= 4 is 0 Å².